The lowest BCUT2D eigenvalue weighted by molar-refractivity contribution is 0.0884. The van der Waals surface area contributed by atoms with E-state index in [0.717, 1.165) is 30.5 Å². The van der Waals surface area contributed by atoms with E-state index in [0.29, 0.717) is 12.5 Å². The number of nitrogens with one attached hydrogen (secondary N) is 3. The van der Waals surface area contributed by atoms with Crippen LogP contribution in [0.15, 0.2) is 91.1 Å². The molecule has 5 N–H and O–H groups in total. The van der Waals surface area contributed by atoms with Gasteiger partial charge in [-0.3, -0.25) is 0 Å². The van der Waals surface area contributed by atoms with Crippen LogP contribution in [0.1, 0.15) is 36.0 Å². The Morgan fingerprint density at radius 1 is 0.946 bits per heavy atom. The minimum atomic E-state index is -0.361. The molecular formula is C30H36ClN3O3. The molecule has 0 spiro atoms. The van der Waals surface area contributed by atoms with Crippen LogP contribution in [0.3, 0.4) is 0 Å². The number of ether oxygens (including phenoxy) is 1. The molecule has 0 bridgehead atoms. The van der Waals surface area contributed by atoms with Crippen LogP contribution < -0.4 is 10.6 Å². The summed E-state index contributed by atoms with van der Waals surface area (Å²) in [6, 6.07) is 29.2. The number of hydrogen-bond donors (Lipinski definition) is 3. The number of halogens is 1. The number of rotatable bonds is 8. The first-order chi connectivity index (χ1) is 17.2. The van der Waals surface area contributed by atoms with Crippen molar-refractivity contribution in [2.24, 2.45) is 5.92 Å². The summed E-state index contributed by atoms with van der Waals surface area (Å²) >= 11 is 0. The van der Waals surface area contributed by atoms with Crippen LogP contribution in [0, 0.1) is 5.92 Å². The number of carbonyl (C=O) groups is 1. The lowest BCUT2D eigenvalue weighted by Gasteiger charge is -2.28. The van der Waals surface area contributed by atoms with E-state index >= 15 is 0 Å². The molecule has 1 saturated carbocycles. The van der Waals surface area contributed by atoms with Crippen LogP contribution in [0.5, 0.6) is 0 Å². The molecule has 1 aromatic heterocycles. The van der Waals surface area contributed by atoms with Crippen LogP contribution in [-0.2, 0) is 17.7 Å². The van der Waals surface area contributed by atoms with Crippen molar-refractivity contribution in [3.05, 3.63) is 108 Å². The van der Waals surface area contributed by atoms with Crippen LogP contribution in [0.25, 0.3) is 10.9 Å². The molecule has 4 aromatic rings. The van der Waals surface area contributed by atoms with Gasteiger partial charge in [0.2, 0.25) is 0 Å². The summed E-state index contributed by atoms with van der Waals surface area (Å²) in [4.78, 5) is 16.2. The Bertz CT molecular complexity index is 1250. The number of H-pyrrole nitrogens is 1. The minimum absolute atomic E-state index is 0. The molecule has 1 aliphatic carbocycles. The zero-order valence-corrected chi connectivity index (χ0v) is 21.8. The van der Waals surface area contributed by atoms with Crippen molar-refractivity contribution in [2.45, 2.75) is 44.4 Å². The first-order valence-corrected chi connectivity index (χ1v) is 12.5. The fraction of sp³-hybridized carbons (Fsp3) is 0.300. The Morgan fingerprint density at radius 3 is 2.38 bits per heavy atom. The summed E-state index contributed by atoms with van der Waals surface area (Å²) in [5.41, 5.74) is 4.70. The van der Waals surface area contributed by atoms with Crippen LogP contribution in [-0.4, -0.2) is 35.2 Å². The third-order valence-corrected chi connectivity index (χ3v) is 7.16. The van der Waals surface area contributed by atoms with E-state index in [1.54, 1.807) is 0 Å². The molecule has 0 aliphatic heterocycles. The number of alkyl carbamates (subject to hydrolysis) is 1. The highest BCUT2D eigenvalue weighted by Gasteiger charge is 2.44. The van der Waals surface area contributed by atoms with Gasteiger partial charge in [0.05, 0.1) is 0 Å². The second-order valence-corrected chi connectivity index (χ2v) is 9.53. The molecule has 1 heterocycles. The maximum absolute atomic E-state index is 12.8. The van der Waals surface area contributed by atoms with Crippen molar-refractivity contribution in [1.29, 1.82) is 0 Å². The van der Waals surface area contributed by atoms with Gasteiger partial charge in [0.15, 0.2) is 0 Å². The third kappa shape index (κ3) is 6.72. The number of aromatic amines is 1. The summed E-state index contributed by atoms with van der Waals surface area (Å²) < 4.78 is 6.09. The average molecular weight is 522 g/mol. The molecule has 7 heteroatoms. The topological polar surface area (TPSA) is 97.6 Å². The van der Waals surface area contributed by atoms with Gasteiger partial charge in [0.25, 0.3) is 0 Å². The average Bonchev–Trinajstić information content (AvgIpc) is 3.48. The number of amides is 1. The largest absolute Gasteiger partial charge is 0.446 e. The first-order valence-electron chi connectivity index (χ1n) is 12.5. The van der Waals surface area contributed by atoms with Gasteiger partial charge in [0.1, 0.15) is 6.10 Å². The van der Waals surface area contributed by atoms with E-state index in [1.807, 2.05) is 42.6 Å². The van der Waals surface area contributed by atoms with Crippen LogP contribution >= 0.6 is 12.4 Å². The number of fused-ring (bicyclic) bond motifs is 1. The van der Waals surface area contributed by atoms with Gasteiger partial charge in [-0.2, -0.15) is 0 Å². The number of hydrogen-bond acceptors (Lipinski definition) is 3. The van der Waals surface area contributed by atoms with Gasteiger partial charge >= 0.3 is 6.09 Å². The molecule has 1 aliphatic rings. The highest BCUT2D eigenvalue weighted by molar-refractivity contribution is 5.85. The Balaban J connectivity index is 0.00000190. The Kier molecular flexibility index (Phi) is 10.1. The van der Waals surface area contributed by atoms with Gasteiger partial charge in [0, 0.05) is 30.2 Å². The summed E-state index contributed by atoms with van der Waals surface area (Å²) in [5.74, 6) is 0.429. The molecule has 4 unspecified atom stereocenters. The molecule has 3 aromatic carbocycles. The highest BCUT2D eigenvalue weighted by Crippen LogP contribution is 2.42. The summed E-state index contributed by atoms with van der Waals surface area (Å²) in [5, 5.41) is 7.93. The molecule has 0 saturated heterocycles. The number of carbonyl (C=O) groups excluding carboxylic acids is 1. The Hall–Kier alpha value is -3.32. The first kappa shape index (κ1) is 28.3. The van der Waals surface area contributed by atoms with Crippen LogP contribution in [0.2, 0.25) is 0 Å². The SMILES string of the molecule is CC1CC(OC(=O)NCc2ccccc2)C(c2cccc3cc[nH]c23)C1NCCc1ccccc1.Cl.O. The molecule has 4 atom stereocenters. The fourth-order valence-corrected chi connectivity index (χ4v) is 5.45. The van der Waals surface area contributed by atoms with Crippen molar-refractivity contribution in [3.63, 3.8) is 0 Å². The summed E-state index contributed by atoms with van der Waals surface area (Å²) in [6.45, 7) is 3.59. The molecule has 5 rings (SSSR count). The number of benzene rings is 3. The number of aromatic nitrogens is 1. The second-order valence-electron chi connectivity index (χ2n) is 9.53. The molecular weight excluding hydrogens is 486 g/mol. The molecule has 37 heavy (non-hydrogen) atoms. The summed E-state index contributed by atoms with van der Waals surface area (Å²) in [7, 11) is 0. The standard InChI is InChI=1S/C30H33N3O2.ClH.H2O/c1-21-19-26(35-30(34)33-20-23-11-6-3-7-12-23)27(25-14-8-13-24-16-18-32-29(24)25)28(21)31-17-15-22-9-4-2-5-10-22;;/h2-14,16,18,21,26-28,31-32H,15,17,19-20H2,1H3,(H,33,34);1H;1H2. The van der Waals surface area contributed by atoms with Crippen molar-refractivity contribution in [2.75, 3.05) is 6.54 Å². The fourth-order valence-electron chi connectivity index (χ4n) is 5.45. The smallest absolute Gasteiger partial charge is 0.407 e. The van der Waals surface area contributed by atoms with Crippen molar-refractivity contribution in [1.82, 2.24) is 15.6 Å². The predicted molar refractivity (Wildman–Crippen MR) is 151 cm³/mol. The van der Waals surface area contributed by atoms with Crippen molar-refractivity contribution in [3.8, 4) is 0 Å². The van der Waals surface area contributed by atoms with E-state index in [2.05, 4.69) is 71.1 Å². The van der Waals surface area contributed by atoms with Gasteiger partial charge in [-0.15, -0.1) is 12.4 Å². The lowest BCUT2D eigenvalue weighted by Crippen LogP contribution is -2.39. The van der Waals surface area contributed by atoms with E-state index in [4.69, 9.17) is 4.74 Å². The maximum Gasteiger partial charge on any atom is 0.407 e. The monoisotopic (exact) mass is 521 g/mol. The second kappa shape index (κ2) is 13.3. The van der Waals surface area contributed by atoms with Gasteiger partial charge in [-0.1, -0.05) is 85.8 Å². The van der Waals surface area contributed by atoms with E-state index in [9.17, 15) is 4.79 Å². The van der Waals surface area contributed by atoms with E-state index in [1.165, 1.54) is 16.5 Å². The van der Waals surface area contributed by atoms with Crippen molar-refractivity contribution < 1.29 is 15.0 Å². The zero-order chi connectivity index (χ0) is 24.0. The van der Waals surface area contributed by atoms with Gasteiger partial charge < -0.3 is 25.8 Å². The third-order valence-electron chi connectivity index (χ3n) is 7.16. The predicted octanol–water partition coefficient (Wildman–Crippen LogP) is 5.38. The lowest BCUT2D eigenvalue weighted by atomic mass is 9.89. The molecule has 1 fully saturated rings. The minimum Gasteiger partial charge on any atom is -0.446 e. The maximum atomic E-state index is 12.8. The van der Waals surface area contributed by atoms with E-state index in [-0.39, 0.29) is 42.0 Å². The highest BCUT2D eigenvalue weighted by atomic mass is 35.5. The molecule has 0 radical (unpaired) electrons. The molecule has 1 amide bonds. The molecule has 196 valence electrons. The normalized spacial score (nSPS) is 20.6. The molecule has 6 nitrogen and oxygen atoms in total. The summed E-state index contributed by atoms with van der Waals surface area (Å²) in [6.07, 6.45) is 3.20. The van der Waals surface area contributed by atoms with Gasteiger partial charge in [-0.05, 0) is 53.4 Å². The quantitative estimate of drug-likeness (QED) is 0.290. The zero-order valence-electron chi connectivity index (χ0n) is 21.0. The Labute approximate surface area is 224 Å². The van der Waals surface area contributed by atoms with Gasteiger partial charge in [-0.25, -0.2) is 4.79 Å². The van der Waals surface area contributed by atoms with Crippen molar-refractivity contribution >= 4 is 29.4 Å². The number of para-hydroxylation sites is 1. The van der Waals surface area contributed by atoms with Crippen LogP contribution in [0.4, 0.5) is 4.79 Å². The Morgan fingerprint density at radius 2 is 1.65 bits per heavy atom. The van der Waals surface area contributed by atoms with E-state index < -0.39 is 0 Å².